The molecule has 2 fully saturated rings. The third kappa shape index (κ3) is 9.02. The Balaban J connectivity index is 0.000000269. The van der Waals surface area contributed by atoms with Gasteiger partial charge < -0.3 is 24.8 Å². The minimum atomic E-state index is -0.187. The first-order valence-corrected chi connectivity index (χ1v) is 11.5. The molecule has 1 N–H and O–H groups in total. The highest BCUT2D eigenvalue weighted by Gasteiger charge is 2.22. The van der Waals surface area contributed by atoms with E-state index in [2.05, 4.69) is 43.3 Å². The number of benzene rings is 1. The Labute approximate surface area is 183 Å². The maximum absolute atomic E-state index is 12.1. The molecule has 1 aromatic rings. The molecule has 1 aromatic carbocycles. The molecular weight excluding hydrogens is 376 g/mol. The molecule has 2 aliphatic heterocycles. The van der Waals surface area contributed by atoms with Crippen LogP contribution in [0.25, 0.3) is 0 Å². The maximum Gasteiger partial charge on any atom is 0.410 e. The van der Waals surface area contributed by atoms with E-state index < -0.39 is 0 Å². The first kappa shape index (κ1) is 24.6. The SMILES string of the molecule is CN(C)C1CCCN(C(=O)OCc2ccccc2)CC1.CN(C)C1CCCNCC1. The average molecular weight is 419 g/mol. The highest BCUT2D eigenvalue weighted by Crippen LogP contribution is 2.16. The molecule has 6 heteroatoms. The van der Waals surface area contributed by atoms with Crippen LogP contribution in [0.1, 0.15) is 44.1 Å². The number of nitrogens with zero attached hydrogens (tertiary/aromatic N) is 3. The number of rotatable bonds is 4. The number of amides is 1. The normalized spacial score (nSPS) is 22.7. The largest absolute Gasteiger partial charge is 0.445 e. The van der Waals surface area contributed by atoms with Crippen molar-refractivity contribution >= 4 is 6.09 Å². The average Bonchev–Trinajstić information content (AvgIpc) is 3.17. The minimum absolute atomic E-state index is 0.187. The van der Waals surface area contributed by atoms with Gasteiger partial charge in [-0.2, -0.15) is 0 Å². The topological polar surface area (TPSA) is 48.1 Å². The van der Waals surface area contributed by atoms with E-state index >= 15 is 0 Å². The molecule has 0 spiro atoms. The molecule has 0 bridgehead atoms. The van der Waals surface area contributed by atoms with Gasteiger partial charge in [0.2, 0.25) is 0 Å². The lowest BCUT2D eigenvalue weighted by Crippen LogP contribution is -2.34. The van der Waals surface area contributed by atoms with Crippen LogP contribution in [0, 0.1) is 0 Å². The molecule has 30 heavy (non-hydrogen) atoms. The highest BCUT2D eigenvalue weighted by atomic mass is 16.6. The summed E-state index contributed by atoms with van der Waals surface area (Å²) in [6.07, 6.45) is 7.04. The fourth-order valence-electron chi connectivity index (χ4n) is 4.11. The fourth-order valence-corrected chi connectivity index (χ4v) is 4.11. The van der Waals surface area contributed by atoms with E-state index in [-0.39, 0.29) is 6.09 Å². The van der Waals surface area contributed by atoms with Crippen LogP contribution in [0.5, 0.6) is 0 Å². The Morgan fingerprint density at radius 2 is 1.60 bits per heavy atom. The monoisotopic (exact) mass is 418 g/mol. The number of carbonyl (C=O) groups excluding carboxylic acids is 1. The van der Waals surface area contributed by atoms with E-state index in [0.717, 1.165) is 44.0 Å². The van der Waals surface area contributed by atoms with E-state index in [1.807, 2.05) is 35.2 Å². The number of hydrogen-bond donors (Lipinski definition) is 1. The number of nitrogens with one attached hydrogen (secondary N) is 1. The molecular formula is C24H42N4O2. The molecule has 6 nitrogen and oxygen atoms in total. The van der Waals surface area contributed by atoms with Gasteiger partial charge in [-0.15, -0.1) is 0 Å². The van der Waals surface area contributed by atoms with Crippen LogP contribution in [-0.4, -0.2) is 87.2 Å². The summed E-state index contributed by atoms with van der Waals surface area (Å²) in [5, 5.41) is 3.41. The lowest BCUT2D eigenvalue weighted by Gasteiger charge is -2.23. The van der Waals surface area contributed by atoms with E-state index in [1.54, 1.807) is 0 Å². The van der Waals surface area contributed by atoms with E-state index in [0.29, 0.717) is 12.6 Å². The van der Waals surface area contributed by atoms with Crippen LogP contribution < -0.4 is 5.32 Å². The van der Waals surface area contributed by atoms with E-state index in [9.17, 15) is 4.79 Å². The molecule has 170 valence electrons. The van der Waals surface area contributed by atoms with Gasteiger partial charge in [-0.3, -0.25) is 0 Å². The zero-order valence-electron chi connectivity index (χ0n) is 19.5. The first-order valence-electron chi connectivity index (χ1n) is 11.5. The summed E-state index contributed by atoms with van der Waals surface area (Å²) < 4.78 is 5.39. The molecule has 1 amide bonds. The maximum atomic E-state index is 12.1. The Morgan fingerprint density at radius 3 is 2.30 bits per heavy atom. The third-order valence-electron chi connectivity index (χ3n) is 6.17. The quantitative estimate of drug-likeness (QED) is 0.812. The Bertz CT molecular complexity index is 586. The molecule has 0 saturated carbocycles. The van der Waals surface area contributed by atoms with Crippen LogP contribution in [0.4, 0.5) is 4.79 Å². The Morgan fingerprint density at radius 1 is 0.933 bits per heavy atom. The van der Waals surface area contributed by atoms with E-state index in [4.69, 9.17) is 4.74 Å². The standard InChI is InChI=1S/C16H24N2O2.C8H18N2/c1-17(2)15-9-6-11-18(12-10-15)16(19)20-13-14-7-4-3-5-8-14;1-10(2)8-4-3-6-9-7-5-8/h3-5,7-8,15H,6,9-13H2,1-2H3;8-9H,3-7H2,1-2H3. The molecule has 2 atom stereocenters. The zero-order valence-corrected chi connectivity index (χ0v) is 19.5. The zero-order chi connectivity index (χ0) is 21.8. The van der Waals surface area contributed by atoms with Gasteiger partial charge >= 0.3 is 6.09 Å². The second-order valence-electron chi connectivity index (χ2n) is 8.87. The third-order valence-corrected chi connectivity index (χ3v) is 6.17. The fraction of sp³-hybridized carbons (Fsp3) is 0.708. The molecule has 2 saturated heterocycles. The van der Waals surface area contributed by atoms with Crippen molar-refractivity contribution in [3.8, 4) is 0 Å². The molecule has 3 rings (SSSR count). The van der Waals surface area contributed by atoms with Gasteiger partial charge in [-0.05, 0) is 85.4 Å². The second kappa shape index (κ2) is 13.6. The first-order chi connectivity index (χ1) is 14.5. The van der Waals surface area contributed by atoms with Crippen LogP contribution in [0.15, 0.2) is 30.3 Å². The molecule has 2 aliphatic rings. The van der Waals surface area contributed by atoms with Crippen LogP contribution in [-0.2, 0) is 11.3 Å². The predicted molar refractivity (Wildman–Crippen MR) is 124 cm³/mol. The summed E-state index contributed by atoms with van der Waals surface area (Å²) in [5.74, 6) is 0. The summed E-state index contributed by atoms with van der Waals surface area (Å²) in [4.78, 5) is 18.5. The number of carbonyl (C=O) groups is 1. The van der Waals surface area contributed by atoms with Crippen LogP contribution >= 0.6 is 0 Å². The molecule has 2 heterocycles. The van der Waals surface area contributed by atoms with Gasteiger partial charge in [0.15, 0.2) is 0 Å². The Hall–Kier alpha value is -1.63. The van der Waals surface area contributed by atoms with Crippen molar-refractivity contribution < 1.29 is 9.53 Å². The van der Waals surface area contributed by atoms with Crippen molar-refractivity contribution in [2.24, 2.45) is 0 Å². The lowest BCUT2D eigenvalue weighted by molar-refractivity contribution is 0.0967. The highest BCUT2D eigenvalue weighted by molar-refractivity contribution is 5.67. The van der Waals surface area contributed by atoms with Crippen molar-refractivity contribution in [3.63, 3.8) is 0 Å². The van der Waals surface area contributed by atoms with Gasteiger partial charge in [0, 0.05) is 25.2 Å². The van der Waals surface area contributed by atoms with Crippen molar-refractivity contribution in [1.29, 1.82) is 0 Å². The van der Waals surface area contributed by atoms with Gasteiger partial charge in [0.25, 0.3) is 0 Å². The molecule has 0 aromatic heterocycles. The minimum Gasteiger partial charge on any atom is -0.445 e. The van der Waals surface area contributed by atoms with Gasteiger partial charge in [0.05, 0.1) is 0 Å². The summed E-state index contributed by atoms with van der Waals surface area (Å²) in [5.41, 5.74) is 1.03. The number of ether oxygens (including phenoxy) is 1. The lowest BCUT2D eigenvalue weighted by atomic mass is 10.1. The van der Waals surface area contributed by atoms with E-state index in [1.165, 1.54) is 32.4 Å². The van der Waals surface area contributed by atoms with Crippen molar-refractivity contribution in [2.45, 2.75) is 57.2 Å². The van der Waals surface area contributed by atoms with Crippen molar-refractivity contribution in [2.75, 3.05) is 54.4 Å². The molecule has 2 unspecified atom stereocenters. The summed E-state index contributed by atoms with van der Waals surface area (Å²) in [6, 6.07) is 11.2. The Kier molecular flexibility index (Phi) is 11.2. The van der Waals surface area contributed by atoms with Gasteiger partial charge in [-0.1, -0.05) is 30.3 Å². The second-order valence-corrected chi connectivity index (χ2v) is 8.87. The number of likely N-dealkylation sites (tertiary alicyclic amines) is 1. The van der Waals surface area contributed by atoms with Gasteiger partial charge in [0.1, 0.15) is 6.61 Å². The molecule has 0 aliphatic carbocycles. The molecule has 0 radical (unpaired) electrons. The summed E-state index contributed by atoms with van der Waals surface area (Å²) >= 11 is 0. The smallest absolute Gasteiger partial charge is 0.410 e. The van der Waals surface area contributed by atoms with Crippen LogP contribution in [0.2, 0.25) is 0 Å². The van der Waals surface area contributed by atoms with Gasteiger partial charge in [-0.25, -0.2) is 4.79 Å². The van der Waals surface area contributed by atoms with Crippen molar-refractivity contribution in [1.82, 2.24) is 20.0 Å². The predicted octanol–water partition coefficient (Wildman–Crippen LogP) is 3.43. The van der Waals surface area contributed by atoms with Crippen molar-refractivity contribution in [3.05, 3.63) is 35.9 Å². The summed E-state index contributed by atoms with van der Waals surface area (Å²) in [7, 11) is 8.56. The summed E-state index contributed by atoms with van der Waals surface area (Å²) in [6.45, 7) is 4.36. The number of hydrogen-bond acceptors (Lipinski definition) is 5. The van der Waals surface area contributed by atoms with Crippen LogP contribution in [0.3, 0.4) is 0 Å².